The number of fused-ring (bicyclic) bond motifs is 3. The van der Waals surface area contributed by atoms with Crippen LogP contribution in [0, 0.1) is 0 Å². The van der Waals surface area contributed by atoms with Gasteiger partial charge >= 0.3 is 0 Å². The first kappa shape index (κ1) is 23.4. The Morgan fingerprint density at radius 1 is 0.333 bits per heavy atom. The maximum absolute atomic E-state index is 13.6. The average molecular weight is 521 g/mol. The van der Waals surface area contributed by atoms with E-state index in [-0.39, 0.29) is 0 Å². The lowest BCUT2D eigenvalue weighted by Crippen LogP contribution is -1.99. The van der Waals surface area contributed by atoms with Gasteiger partial charge in [0, 0.05) is 16.7 Å². The Morgan fingerprint density at radius 2 is 0.769 bits per heavy atom. The smallest absolute Gasteiger partial charge is 0.208 e. The molecule has 1 heterocycles. The van der Waals surface area contributed by atoms with E-state index in [4.69, 9.17) is 0 Å². The van der Waals surface area contributed by atoms with Crippen LogP contribution >= 0.6 is 0 Å². The highest BCUT2D eigenvalue weighted by Crippen LogP contribution is 2.47. The largest absolute Gasteiger partial charge is 0.218 e. The van der Waals surface area contributed by atoms with Crippen LogP contribution in [0.15, 0.2) is 155 Å². The van der Waals surface area contributed by atoms with Crippen LogP contribution in [0.4, 0.5) is 0 Å². The van der Waals surface area contributed by atoms with E-state index in [2.05, 4.69) is 78.9 Å². The molecule has 0 bridgehead atoms. The van der Waals surface area contributed by atoms with Gasteiger partial charge in [-0.05, 0) is 69.3 Å². The van der Waals surface area contributed by atoms with Crippen LogP contribution < -0.4 is 0 Å². The lowest BCUT2D eigenvalue weighted by molar-refractivity contribution is 0.599. The van der Waals surface area contributed by atoms with Gasteiger partial charge in [-0.25, -0.2) is 8.42 Å². The fourth-order valence-corrected chi connectivity index (χ4v) is 7.44. The van der Waals surface area contributed by atoms with Crippen molar-refractivity contribution in [1.82, 2.24) is 0 Å². The van der Waals surface area contributed by atoms with Gasteiger partial charge in [-0.3, -0.25) is 0 Å². The first-order chi connectivity index (χ1) is 19.1. The molecule has 1 aliphatic rings. The summed E-state index contributed by atoms with van der Waals surface area (Å²) in [6, 6.07) is 48.7. The topological polar surface area (TPSA) is 34.1 Å². The molecule has 0 saturated heterocycles. The molecule has 3 heteroatoms. The van der Waals surface area contributed by atoms with Crippen LogP contribution in [-0.4, -0.2) is 8.42 Å². The Hall–Kier alpha value is -4.73. The molecule has 6 aromatic rings. The number of hydrogen-bond donors (Lipinski definition) is 0. The SMILES string of the molecule is O=S1(=O)c2ccccc2-c2cccc(-c3cccc(-c4cc(-c5ccccc5)cc(-c5ccccc5)c4)c3)c21. The molecule has 1 aliphatic heterocycles. The van der Waals surface area contributed by atoms with E-state index >= 15 is 0 Å². The maximum atomic E-state index is 13.6. The molecule has 0 aromatic heterocycles. The molecule has 0 amide bonds. The summed E-state index contributed by atoms with van der Waals surface area (Å²) in [6.45, 7) is 0. The Labute approximate surface area is 228 Å². The van der Waals surface area contributed by atoms with Gasteiger partial charge in [0.05, 0.1) is 9.79 Å². The van der Waals surface area contributed by atoms with Crippen molar-refractivity contribution in [3.05, 3.63) is 146 Å². The molecule has 0 N–H and O–H groups in total. The molecule has 0 atom stereocenters. The first-order valence-corrected chi connectivity index (χ1v) is 14.4. The summed E-state index contributed by atoms with van der Waals surface area (Å²) < 4.78 is 27.3. The van der Waals surface area contributed by atoms with Crippen molar-refractivity contribution in [2.45, 2.75) is 9.79 Å². The van der Waals surface area contributed by atoms with Gasteiger partial charge in [0.2, 0.25) is 9.84 Å². The molecule has 6 aromatic carbocycles. The van der Waals surface area contributed by atoms with Crippen molar-refractivity contribution in [3.8, 4) is 55.6 Å². The Balaban J connectivity index is 1.40. The quantitative estimate of drug-likeness (QED) is 0.232. The highest BCUT2D eigenvalue weighted by atomic mass is 32.2. The van der Waals surface area contributed by atoms with E-state index in [0.29, 0.717) is 9.79 Å². The summed E-state index contributed by atoms with van der Waals surface area (Å²) in [4.78, 5) is 0.776. The van der Waals surface area contributed by atoms with Gasteiger partial charge in [-0.1, -0.05) is 115 Å². The normalized spacial score (nSPS) is 13.0. The summed E-state index contributed by atoms with van der Waals surface area (Å²) in [5.74, 6) is 0. The molecular weight excluding hydrogens is 496 g/mol. The van der Waals surface area contributed by atoms with E-state index in [9.17, 15) is 8.42 Å². The van der Waals surface area contributed by atoms with Gasteiger partial charge in [0.25, 0.3) is 0 Å². The van der Waals surface area contributed by atoms with E-state index in [1.165, 1.54) is 0 Å². The molecule has 0 fully saturated rings. The van der Waals surface area contributed by atoms with E-state index in [1.807, 2.05) is 54.6 Å². The van der Waals surface area contributed by atoms with Crippen LogP contribution in [0.5, 0.6) is 0 Å². The minimum atomic E-state index is -3.61. The molecule has 0 saturated carbocycles. The predicted octanol–water partition coefficient (Wildman–Crippen LogP) is 9.17. The van der Waals surface area contributed by atoms with Crippen molar-refractivity contribution in [2.75, 3.05) is 0 Å². The molecule has 2 nitrogen and oxygen atoms in total. The average Bonchev–Trinajstić information content (AvgIpc) is 3.24. The molecule has 0 radical (unpaired) electrons. The second-order valence-corrected chi connectivity index (χ2v) is 11.6. The molecule has 0 aliphatic carbocycles. The zero-order valence-electron chi connectivity index (χ0n) is 21.1. The van der Waals surface area contributed by atoms with Crippen molar-refractivity contribution < 1.29 is 8.42 Å². The number of hydrogen-bond acceptors (Lipinski definition) is 2. The number of sulfone groups is 1. The lowest BCUT2D eigenvalue weighted by atomic mass is 9.92. The second-order valence-electron chi connectivity index (χ2n) is 9.79. The summed E-state index contributed by atoms with van der Waals surface area (Å²) in [7, 11) is -3.61. The van der Waals surface area contributed by atoms with E-state index in [0.717, 1.165) is 55.6 Å². The molecular formula is C36H24O2S. The number of benzene rings is 6. The molecule has 7 rings (SSSR count). The summed E-state index contributed by atoms with van der Waals surface area (Å²) in [5.41, 5.74) is 9.84. The van der Waals surface area contributed by atoms with Crippen molar-refractivity contribution in [1.29, 1.82) is 0 Å². The second kappa shape index (κ2) is 9.23. The third-order valence-electron chi connectivity index (χ3n) is 7.40. The highest BCUT2D eigenvalue weighted by Gasteiger charge is 2.35. The van der Waals surface area contributed by atoms with Crippen LogP contribution in [0.2, 0.25) is 0 Å². The molecule has 186 valence electrons. The Kier molecular flexibility index (Phi) is 5.54. The van der Waals surface area contributed by atoms with Crippen molar-refractivity contribution >= 4 is 9.84 Å². The molecule has 39 heavy (non-hydrogen) atoms. The van der Waals surface area contributed by atoms with Gasteiger partial charge in [0.15, 0.2) is 0 Å². The monoisotopic (exact) mass is 520 g/mol. The van der Waals surface area contributed by atoms with E-state index < -0.39 is 9.84 Å². The third kappa shape index (κ3) is 3.99. The van der Waals surface area contributed by atoms with Crippen LogP contribution in [0.3, 0.4) is 0 Å². The van der Waals surface area contributed by atoms with Crippen molar-refractivity contribution in [2.24, 2.45) is 0 Å². The minimum Gasteiger partial charge on any atom is -0.218 e. The van der Waals surface area contributed by atoms with Crippen LogP contribution in [0.25, 0.3) is 55.6 Å². The summed E-state index contributed by atoms with van der Waals surface area (Å²) >= 11 is 0. The van der Waals surface area contributed by atoms with Gasteiger partial charge < -0.3 is 0 Å². The fourth-order valence-electron chi connectivity index (χ4n) is 5.55. The minimum absolute atomic E-state index is 0.381. The van der Waals surface area contributed by atoms with Gasteiger partial charge in [0.1, 0.15) is 0 Å². The zero-order valence-corrected chi connectivity index (χ0v) is 21.9. The Morgan fingerprint density at radius 3 is 1.44 bits per heavy atom. The Bertz CT molecular complexity index is 1900. The lowest BCUT2D eigenvalue weighted by Gasteiger charge is -2.13. The standard InChI is InChI=1S/C36H24O2S/c37-39(38)35-20-8-7-17-33(35)34-19-10-18-32(36(34)39)28-16-9-15-27(21-28)31-23-29(25-11-3-1-4-12-25)22-30(24-31)26-13-5-2-6-14-26/h1-24H. The number of rotatable bonds is 4. The highest BCUT2D eigenvalue weighted by molar-refractivity contribution is 7.92. The first-order valence-electron chi connectivity index (χ1n) is 12.9. The molecule has 0 unspecified atom stereocenters. The van der Waals surface area contributed by atoms with Crippen molar-refractivity contribution in [3.63, 3.8) is 0 Å². The van der Waals surface area contributed by atoms with Gasteiger partial charge in [-0.15, -0.1) is 0 Å². The summed E-state index contributed by atoms with van der Waals surface area (Å²) in [5, 5.41) is 0. The van der Waals surface area contributed by atoms with Crippen LogP contribution in [-0.2, 0) is 9.84 Å². The predicted molar refractivity (Wildman–Crippen MR) is 159 cm³/mol. The fraction of sp³-hybridized carbons (Fsp3) is 0. The third-order valence-corrected chi connectivity index (χ3v) is 9.32. The zero-order chi connectivity index (χ0) is 26.4. The molecule has 0 spiro atoms. The van der Waals surface area contributed by atoms with Gasteiger partial charge in [-0.2, -0.15) is 0 Å². The maximum Gasteiger partial charge on any atom is 0.208 e. The van der Waals surface area contributed by atoms with E-state index in [1.54, 1.807) is 12.1 Å². The summed E-state index contributed by atoms with van der Waals surface area (Å²) in [6.07, 6.45) is 0. The van der Waals surface area contributed by atoms with Crippen LogP contribution in [0.1, 0.15) is 0 Å².